The largest absolute Gasteiger partial charge is 0.419 e. The molecule has 2 heterocycles. The molecule has 1 aromatic heterocycles. The molecular weight excluding hydrogens is 376 g/mol. The Kier molecular flexibility index (Phi) is 4.39. The van der Waals surface area contributed by atoms with Crippen molar-refractivity contribution < 1.29 is 19.1 Å². The summed E-state index contributed by atoms with van der Waals surface area (Å²) in [6.45, 7) is 4.96. The normalized spacial score (nSPS) is 15.9. The van der Waals surface area contributed by atoms with Gasteiger partial charge >= 0.3 is 11.9 Å². The molecule has 0 amide bonds. The summed E-state index contributed by atoms with van der Waals surface area (Å²) in [4.78, 5) is 28.8. The molecule has 142 valence electrons. The van der Waals surface area contributed by atoms with Crippen LogP contribution in [0.3, 0.4) is 0 Å². The third-order valence-electron chi connectivity index (χ3n) is 4.27. The predicted molar refractivity (Wildman–Crippen MR) is 108 cm³/mol. The molecule has 0 atom stereocenters. The lowest BCUT2D eigenvalue weighted by molar-refractivity contribution is -0.222. The molecule has 28 heavy (non-hydrogen) atoms. The number of hydrogen-bond donors (Lipinski definition) is 1. The van der Waals surface area contributed by atoms with Crippen molar-refractivity contribution in [3.05, 3.63) is 59.8 Å². The fourth-order valence-electron chi connectivity index (χ4n) is 2.83. The minimum atomic E-state index is -1.26. The van der Waals surface area contributed by atoms with E-state index in [0.717, 1.165) is 32.0 Å². The van der Waals surface area contributed by atoms with Crippen molar-refractivity contribution in [3.63, 3.8) is 0 Å². The van der Waals surface area contributed by atoms with Gasteiger partial charge in [0.1, 0.15) is 5.01 Å². The highest BCUT2D eigenvalue weighted by atomic mass is 32.1. The molecular formula is C21H18N2O4S. The first-order valence-corrected chi connectivity index (χ1v) is 9.54. The Morgan fingerprint density at radius 1 is 1.07 bits per heavy atom. The van der Waals surface area contributed by atoms with E-state index in [4.69, 9.17) is 9.47 Å². The number of carbonyl (C=O) groups is 2. The van der Waals surface area contributed by atoms with Gasteiger partial charge in [0, 0.05) is 31.3 Å². The molecule has 0 bridgehead atoms. The van der Waals surface area contributed by atoms with Crippen LogP contribution < -0.4 is 5.32 Å². The molecule has 0 spiro atoms. The Hall–Kier alpha value is -3.19. The maximum absolute atomic E-state index is 12.1. The van der Waals surface area contributed by atoms with Gasteiger partial charge in [-0.3, -0.25) is 0 Å². The number of anilines is 1. The minimum absolute atomic E-state index is 0.177. The van der Waals surface area contributed by atoms with Gasteiger partial charge in [0.15, 0.2) is 5.57 Å². The van der Waals surface area contributed by atoms with E-state index < -0.39 is 17.7 Å². The third kappa shape index (κ3) is 3.48. The number of rotatable bonds is 3. The van der Waals surface area contributed by atoms with Gasteiger partial charge in [0.25, 0.3) is 5.79 Å². The van der Waals surface area contributed by atoms with Crippen molar-refractivity contribution in [1.29, 1.82) is 0 Å². The molecule has 1 aliphatic heterocycles. The van der Waals surface area contributed by atoms with Crippen LogP contribution in [0.4, 0.5) is 5.69 Å². The van der Waals surface area contributed by atoms with E-state index in [1.165, 1.54) is 20.0 Å². The predicted octanol–water partition coefficient (Wildman–Crippen LogP) is 4.40. The van der Waals surface area contributed by atoms with Crippen molar-refractivity contribution in [1.82, 2.24) is 4.98 Å². The number of para-hydroxylation sites is 1. The van der Waals surface area contributed by atoms with Crippen molar-refractivity contribution in [2.45, 2.75) is 26.6 Å². The van der Waals surface area contributed by atoms with Crippen LogP contribution in [0.5, 0.6) is 0 Å². The monoisotopic (exact) mass is 394 g/mol. The van der Waals surface area contributed by atoms with Crippen LogP contribution in [0.1, 0.15) is 19.4 Å². The van der Waals surface area contributed by atoms with E-state index in [2.05, 4.69) is 10.3 Å². The minimum Gasteiger partial charge on any atom is -0.419 e. The molecule has 7 heteroatoms. The Labute approximate surface area is 165 Å². The number of esters is 2. The maximum Gasteiger partial charge on any atom is 0.350 e. The molecule has 0 unspecified atom stereocenters. The molecule has 6 nitrogen and oxygen atoms in total. The average molecular weight is 394 g/mol. The molecule has 0 aliphatic carbocycles. The smallest absolute Gasteiger partial charge is 0.350 e. The summed E-state index contributed by atoms with van der Waals surface area (Å²) in [5, 5.41) is 3.93. The standard InChI is InChI=1S/C21H18N2O4S/c1-12-8-9-13(18-23-15-6-4-5-7-17(15)28-18)10-16(12)22-11-14-19(24)26-21(2,3)27-20(14)25/h4-11,22H,1-3H3. The molecule has 1 N–H and O–H groups in total. The van der Waals surface area contributed by atoms with Crippen LogP contribution in [0.2, 0.25) is 0 Å². The molecule has 1 fully saturated rings. The first kappa shape index (κ1) is 18.2. The summed E-state index contributed by atoms with van der Waals surface area (Å²) in [7, 11) is 0. The second-order valence-electron chi connectivity index (χ2n) is 6.90. The van der Waals surface area contributed by atoms with E-state index in [1.807, 2.05) is 49.4 Å². The highest BCUT2D eigenvalue weighted by molar-refractivity contribution is 7.21. The highest BCUT2D eigenvalue weighted by Gasteiger charge is 2.38. The summed E-state index contributed by atoms with van der Waals surface area (Å²) in [6, 6.07) is 13.9. The summed E-state index contributed by atoms with van der Waals surface area (Å²) in [5.74, 6) is -2.68. The number of cyclic esters (lactones) is 2. The number of hydrogen-bond acceptors (Lipinski definition) is 7. The zero-order chi connectivity index (χ0) is 19.9. The van der Waals surface area contributed by atoms with Crippen LogP contribution in [0, 0.1) is 6.92 Å². The topological polar surface area (TPSA) is 77.5 Å². The van der Waals surface area contributed by atoms with E-state index >= 15 is 0 Å². The fraction of sp³-hybridized carbons (Fsp3) is 0.190. The Balaban J connectivity index is 1.63. The van der Waals surface area contributed by atoms with Gasteiger partial charge < -0.3 is 14.8 Å². The lowest BCUT2D eigenvalue weighted by Gasteiger charge is -2.29. The summed E-state index contributed by atoms with van der Waals surface area (Å²) in [5.41, 5.74) is 3.44. The quantitative estimate of drug-likeness (QED) is 0.403. The zero-order valence-corrected chi connectivity index (χ0v) is 16.4. The first-order valence-electron chi connectivity index (χ1n) is 8.72. The van der Waals surface area contributed by atoms with Crippen LogP contribution in [-0.2, 0) is 19.1 Å². The van der Waals surface area contributed by atoms with Gasteiger partial charge in [-0.25, -0.2) is 14.6 Å². The zero-order valence-electron chi connectivity index (χ0n) is 15.6. The van der Waals surface area contributed by atoms with E-state index in [1.54, 1.807) is 11.3 Å². The van der Waals surface area contributed by atoms with E-state index in [0.29, 0.717) is 0 Å². The first-order chi connectivity index (χ1) is 13.3. The number of thiazole rings is 1. The van der Waals surface area contributed by atoms with Gasteiger partial charge in [0.2, 0.25) is 0 Å². The maximum atomic E-state index is 12.1. The van der Waals surface area contributed by atoms with Gasteiger partial charge in [-0.05, 0) is 30.7 Å². The number of carbonyl (C=O) groups excluding carboxylic acids is 2. The average Bonchev–Trinajstić information content (AvgIpc) is 3.05. The Bertz CT molecular complexity index is 1080. The highest BCUT2D eigenvalue weighted by Crippen LogP contribution is 2.32. The van der Waals surface area contributed by atoms with Gasteiger partial charge in [-0.1, -0.05) is 24.3 Å². The van der Waals surface area contributed by atoms with Gasteiger partial charge in [0.05, 0.1) is 10.2 Å². The number of fused-ring (bicyclic) bond motifs is 1. The lowest BCUT2D eigenvalue weighted by atomic mass is 10.1. The number of benzene rings is 2. The fourth-order valence-corrected chi connectivity index (χ4v) is 3.80. The molecule has 3 aromatic rings. The number of ether oxygens (including phenoxy) is 2. The van der Waals surface area contributed by atoms with Crippen molar-refractivity contribution in [2.75, 3.05) is 5.32 Å². The Morgan fingerprint density at radius 2 is 1.79 bits per heavy atom. The SMILES string of the molecule is Cc1ccc(-c2nc3ccccc3s2)cc1NC=C1C(=O)OC(C)(C)OC1=O. The van der Waals surface area contributed by atoms with E-state index in [-0.39, 0.29) is 5.57 Å². The number of nitrogens with zero attached hydrogens (tertiary/aromatic N) is 1. The molecule has 1 aliphatic rings. The Morgan fingerprint density at radius 3 is 2.50 bits per heavy atom. The summed E-state index contributed by atoms with van der Waals surface area (Å²) in [6.07, 6.45) is 1.32. The molecule has 4 rings (SSSR count). The molecule has 1 saturated heterocycles. The van der Waals surface area contributed by atoms with Crippen molar-refractivity contribution in [2.24, 2.45) is 0 Å². The van der Waals surface area contributed by atoms with Crippen LogP contribution in [0.15, 0.2) is 54.2 Å². The van der Waals surface area contributed by atoms with Gasteiger partial charge in [-0.2, -0.15) is 0 Å². The second kappa shape index (κ2) is 6.76. The van der Waals surface area contributed by atoms with Crippen LogP contribution >= 0.6 is 11.3 Å². The number of aromatic nitrogens is 1. The van der Waals surface area contributed by atoms with Gasteiger partial charge in [-0.15, -0.1) is 11.3 Å². The van der Waals surface area contributed by atoms with Crippen molar-refractivity contribution in [3.8, 4) is 10.6 Å². The second-order valence-corrected chi connectivity index (χ2v) is 7.93. The van der Waals surface area contributed by atoms with Crippen molar-refractivity contribution >= 4 is 39.2 Å². The van der Waals surface area contributed by atoms with Crippen LogP contribution in [0.25, 0.3) is 20.8 Å². The number of nitrogens with one attached hydrogen (secondary N) is 1. The molecule has 0 radical (unpaired) electrons. The molecule has 0 saturated carbocycles. The lowest BCUT2D eigenvalue weighted by Crippen LogP contribution is -2.42. The third-order valence-corrected chi connectivity index (χ3v) is 5.35. The van der Waals surface area contributed by atoms with E-state index in [9.17, 15) is 9.59 Å². The number of aryl methyl sites for hydroxylation is 1. The molecule has 2 aromatic carbocycles. The van der Waals surface area contributed by atoms with Crippen LogP contribution in [-0.4, -0.2) is 22.7 Å². The summed E-state index contributed by atoms with van der Waals surface area (Å²) >= 11 is 1.61. The summed E-state index contributed by atoms with van der Waals surface area (Å²) < 4.78 is 11.3.